The number of carbonyl (C=O) groups excluding carboxylic acids is 3. The van der Waals surface area contributed by atoms with E-state index in [1.165, 1.54) is 0 Å². The van der Waals surface area contributed by atoms with Crippen molar-refractivity contribution in [3.63, 3.8) is 0 Å². The normalized spacial score (nSPS) is 28.5. The molecule has 212 valence electrons. The number of fused-ring (bicyclic) bond motifs is 2. The minimum atomic E-state index is -1.14. The first kappa shape index (κ1) is 28.5. The van der Waals surface area contributed by atoms with Gasteiger partial charge < -0.3 is 24.5 Å². The summed E-state index contributed by atoms with van der Waals surface area (Å²) in [5.74, 6) is -2.16. The number of carbonyl (C=O) groups is 3. The Labute approximate surface area is 243 Å². The van der Waals surface area contributed by atoms with Crippen LogP contribution in [0.4, 0.5) is 5.69 Å². The lowest BCUT2D eigenvalue weighted by Gasteiger charge is -2.37. The molecular weight excluding hydrogens is 574 g/mol. The van der Waals surface area contributed by atoms with E-state index in [4.69, 9.17) is 4.74 Å². The lowest BCUT2D eigenvalue weighted by molar-refractivity contribution is -0.144. The highest BCUT2D eigenvalue weighted by Crippen LogP contribution is 2.60. The number of nitrogens with zero attached hydrogens (tertiary/aromatic N) is 3. The van der Waals surface area contributed by atoms with Crippen LogP contribution in [0.25, 0.3) is 10.8 Å². The van der Waals surface area contributed by atoms with Crippen molar-refractivity contribution in [3.05, 3.63) is 67.8 Å². The molecule has 9 heteroatoms. The lowest BCUT2D eigenvalue weighted by Crippen LogP contribution is -2.57. The number of likely N-dealkylation sites (N-methyl/N-ethyl adjacent to an activating group) is 1. The fraction of sp³-hybridized carbons (Fsp3) is 0.452. The number of halogens is 1. The molecule has 3 amide bonds. The maximum atomic E-state index is 14.6. The Balaban J connectivity index is 1.57. The number of hydrogen-bond acceptors (Lipinski definition) is 5. The summed E-state index contributed by atoms with van der Waals surface area (Å²) in [6, 6.07) is 12.9. The van der Waals surface area contributed by atoms with E-state index in [0.717, 1.165) is 10.8 Å². The zero-order chi connectivity index (χ0) is 28.6. The number of alkyl halides is 1. The van der Waals surface area contributed by atoms with Gasteiger partial charge in [0.1, 0.15) is 11.6 Å². The zero-order valence-electron chi connectivity index (χ0n) is 22.7. The molecule has 2 aromatic rings. The number of benzene rings is 2. The molecule has 2 aromatic carbocycles. The summed E-state index contributed by atoms with van der Waals surface area (Å²) in [6.07, 6.45) is 4.27. The molecule has 1 spiro atoms. The first-order valence-corrected chi connectivity index (χ1v) is 14.7. The van der Waals surface area contributed by atoms with Crippen LogP contribution in [-0.2, 0) is 19.1 Å². The van der Waals surface area contributed by atoms with Crippen LogP contribution in [0.5, 0.6) is 0 Å². The van der Waals surface area contributed by atoms with Crippen LogP contribution in [0.2, 0.25) is 0 Å². The maximum absolute atomic E-state index is 14.6. The van der Waals surface area contributed by atoms with E-state index in [1.807, 2.05) is 42.5 Å². The summed E-state index contributed by atoms with van der Waals surface area (Å²) in [5, 5.41) is 11.5. The van der Waals surface area contributed by atoms with E-state index in [0.29, 0.717) is 31.5 Å². The highest BCUT2D eigenvalue weighted by Gasteiger charge is 2.76. The Bertz CT molecular complexity index is 1330. The third-order valence-corrected chi connectivity index (χ3v) is 9.36. The van der Waals surface area contributed by atoms with E-state index in [9.17, 15) is 19.5 Å². The quantitative estimate of drug-likeness (QED) is 0.239. The van der Waals surface area contributed by atoms with Gasteiger partial charge in [0.25, 0.3) is 5.91 Å². The van der Waals surface area contributed by atoms with Crippen LogP contribution in [0.15, 0.2) is 67.8 Å². The van der Waals surface area contributed by atoms with Crippen molar-refractivity contribution >= 4 is 50.1 Å². The highest BCUT2D eigenvalue weighted by molar-refractivity contribution is 9.09. The van der Waals surface area contributed by atoms with E-state index in [-0.39, 0.29) is 42.2 Å². The molecule has 0 aromatic heterocycles. The summed E-state index contributed by atoms with van der Waals surface area (Å²) in [4.78, 5) is 47.1. The van der Waals surface area contributed by atoms with Gasteiger partial charge in [-0.25, -0.2) is 0 Å². The minimum Gasteiger partial charge on any atom is -0.396 e. The third kappa shape index (κ3) is 4.58. The van der Waals surface area contributed by atoms with Gasteiger partial charge in [-0.05, 0) is 42.2 Å². The predicted molar refractivity (Wildman–Crippen MR) is 158 cm³/mol. The largest absolute Gasteiger partial charge is 0.396 e. The Hall–Kier alpha value is -3.01. The van der Waals surface area contributed by atoms with Gasteiger partial charge in [0.05, 0.1) is 17.9 Å². The Kier molecular flexibility index (Phi) is 8.17. The number of hydrogen-bond donors (Lipinski definition) is 1. The Morgan fingerprint density at radius 3 is 2.55 bits per heavy atom. The minimum absolute atomic E-state index is 0.00952. The van der Waals surface area contributed by atoms with Gasteiger partial charge in [-0.1, -0.05) is 58.4 Å². The third-order valence-electron chi connectivity index (χ3n) is 8.52. The molecule has 8 nitrogen and oxygen atoms in total. The molecule has 0 aliphatic carbocycles. The molecule has 3 unspecified atom stereocenters. The van der Waals surface area contributed by atoms with Crippen molar-refractivity contribution in [2.24, 2.45) is 11.8 Å². The number of rotatable bonds is 11. The summed E-state index contributed by atoms with van der Waals surface area (Å²) in [6.45, 7) is 8.50. The molecule has 0 saturated carbocycles. The first-order chi connectivity index (χ1) is 19.3. The molecule has 6 atom stereocenters. The molecule has 5 rings (SSSR count). The van der Waals surface area contributed by atoms with Crippen molar-refractivity contribution < 1.29 is 24.2 Å². The van der Waals surface area contributed by atoms with Crippen molar-refractivity contribution in [1.82, 2.24) is 9.80 Å². The van der Waals surface area contributed by atoms with Crippen LogP contribution in [0.1, 0.15) is 19.3 Å². The maximum Gasteiger partial charge on any atom is 0.253 e. The SMILES string of the molecule is C=CCN(C)C(=O)[C@H]1[C@@H]2OC3(CC2Br)C(C(=O)N(CC=C)c2ccc4ccccc4c2)N(CCCCO)C(=O)[C@H]13. The van der Waals surface area contributed by atoms with Crippen LogP contribution in [0, 0.1) is 11.8 Å². The van der Waals surface area contributed by atoms with Crippen molar-refractivity contribution in [1.29, 1.82) is 0 Å². The van der Waals surface area contributed by atoms with Gasteiger partial charge in [-0.2, -0.15) is 0 Å². The average Bonchev–Trinajstić information content (AvgIpc) is 3.54. The molecule has 1 N–H and O–H groups in total. The van der Waals surface area contributed by atoms with Crippen LogP contribution in [0.3, 0.4) is 0 Å². The second-order valence-corrected chi connectivity index (χ2v) is 12.1. The number of aliphatic hydroxyl groups excluding tert-OH is 1. The molecule has 3 aliphatic heterocycles. The number of aliphatic hydroxyl groups is 1. The number of ether oxygens (including phenoxy) is 1. The molecule has 3 aliphatic rings. The highest BCUT2D eigenvalue weighted by atomic mass is 79.9. The van der Waals surface area contributed by atoms with Crippen LogP contribution in [-0.4, -0.2) is 88.5 Å². The van der Waals surface area contributed by atoms with Gasteiger partial charge in [-0.15, -0.1) is 13.2 Å². The molecule has 40 heavy (non-hydrogen) atoms. The number of unbranched alkanes of at least 4 members (excludes halogenated alkanes) is 1. The van der Waals surface area contributed by atoms with Gasteiger partial charge in [0.15, 0.2) is 0 Å². The number of amides is 3. The number of anilines is 1. The smallest absolute Gasteiger partial charge is 0.253 e. The van der Waals surface area contributed by atoms with Crippen molar-refractivity contribution in [2.75, 3.05) is 38.2 Å². The Morgan fingerprint density at radius 2 is 1.85 bits per heavy atom. The predicted octanol–water partition coefficient (Wildman–Crippen LogP) is 3.52. The fourth-order valence-electron chi connectivity index (χ4n) is 6.81. The van der Waals surface area contributed by atoms with E-state index < -0.39 is 29.6 Å². The Morgan fingerprint density at radius 1 is 1.12 bits per heavy atom. The molecule has 2 bridgehead atoms. The van der Waals surface area contributed by atoms with Crippen LogP contribution >= 0.6 is 15.9 Å². The average molecular weight is 611 g/mol. The molecular formula is C31H36BrN3O5. The summed E-state index contributed by atoms with van der Waals surface area (Å²) >= 11 is 3.72. The number of likely N-dealkylation sites (tertiary alicyclic amines) is 1. The van der Waals surface area contributed by atoms with E-state index in [2.05, 4.69) is 29.1 Å². The standard InChI is InChI=1S/C31H36BrN3O5/c1-4-14-33(3)28(37)24-25-29(38)35(16-8-9-17-36)27(31(25)19-23(32)26(24)40-31)30(39)34(15-5-2)22-13-12-20-10-6-7-11-21(20)18-22/h4-7,10-13,18,23-27,36H,1-2,8-9,14-17,19H2,3H3/t23?,24-,25+,26-,27?,31?/m1/s1. The van der Waals surface area contributed by atoms with Gasteiger partial charge in [0, 0.05) is 43.8 Å². The first-order valence-electron chi connectivity index (χ1n) is 13.8. The second kappa shape index (κ2) is 11.5. The van der Waals surface area contributed by atoms with Gasteiger partial charge in [-0.3, -0.25) is 14.4 Å². The lowest BCUT2D eigenvalue weighted by atomic mass is 9.70. The molecule has 3 fully saturated rings. The molecule has 3 saturated heterocycles. The van der Waals surface area contributed by atoms with Gasteiger partial charge in [0.2, 0.25) is 11.8 Å². The van der Waals surface area contributed by atoms with Crippen molar-refractivity contribution in [3.8, 4) is 0 Å². The van der Waals surface area contributed by atoms with E-state index in [1.54, 1.807) is 33.9 Å². The topological polar surface area (TPSA) is 90.4 Å². The monoisotopic (exact) mass is 609 g/mol. The summed E-state index contributed by atoms with van der Waals surface area (Å²) < 4.78 is 6.63. The second-order valence-electron chi connectivity index (χ2n) is 10.9. The van der Waals surface area contributed by atoms with E-state index >= 15 is 0 Å². The summed E-state index contributed by atoms with van der Waals surface area (Å²) in [5.41, 5.74) is -0.440. The zero-order valence-corrected chi connectivity index (χ0v) is 24.3. The van der Waals surface area contributed by atoms with Gasteiger partial charge >= 0.3 is 0 Å². The van der Waals surface area contributed by atoms with Crippen LogP contribution < -0.4 is 4.90 Å². The van der Waals surface area contributed by atoms with Crippen molar-refractivity contribution in [2.45, 2.75) is 41.8 Å². The fourth-order valence-corrected chi connectivity index (χ4v) is 7.75. The molecule has 0 radical (unpaired) electrons. The summed E-state index contributed by atoms with van der Waals surface area (Å²) in [7, 11) is 1.69. The molecule has 3 heterocycles.